The van der Waals surface area contributed by atoms with Gasteiger partial charge in [0, 0.05) is 17.5 Å². The molecule has 4 fully saturated rings. The molecule has 0 amide bonds. The molecule has 0 aromatic heterocycles. The van der Waals surface area contributed by atoms with Crippen LogP contribution in [0.4, 0.5) is 5.69 Å². The van der Waals surface area contributed by atoms with E-state index in [1.165, 1.54) is 18.6 Å². The van der Waals surface area contributed by atoms with E-state index < -0.39 is 15.0 Å². The Morgan fingerprint density at radius 2 is 1.92 bits per heavy atom. The quantitative estimate of drug-likeness (QED) is 0.337. The number of nitro benzene ring substituents is 1. The fraction of sp³-hybridized carbons (Fsp3) is 0.647. The van der Waals surface area contributed by atoms with Crippen molar-refractivity contribution in [3.05, 3.63) is 33.9 Å². The Morgan fingerprint density at radius 3 is 2.56 bits per heavy atom. The minimum absolute atomic E-state index is 0.0350. The van der Waals surface area contributed by atoms with Crippen molar-refractivity contribution in [2.45, 2.75) is 36.5 Å². The third kappa shape index (κ3) is 2.82. The van der Waals surface area contributed by atoms with Gasteiger partial charge in [-0.15, -0.1) is 0 Å². The Kier molecular flexibility index (Phi) is 4.20. The molecule has 0 radical (unpaired) electrons. The second kappa shape index (κ2) is 6.03. The first-order chi connectivity index (χ1) is 11.8. The number of rotatable bonds is 4. The van der Waals surface area contributed by atoms with Crippen LogP contribution >= 0.6 is 15.9 Å². The van der Waals surface area contributed by atoms with Crippen molar-refractivity contribution >= 4 is 31.7 Å². The molecular weight excluding hydrogens is 410 g/mol. The van der Waals surface area contributed by atoms with Crippen LogP contribution in [0.5, 0.6) is 0 Å². The van der Waals surface area contributed by atoms with Crippen LogP contribution in [0.1, 0.15) is 37.2 Å². The van der Waals surface area contributed by atoms with Crippen molar-refractivity contribution in [2.75, 3.05) is 5.33 Å². The minimum atomic E-state index is -4.42. The number of non-ortho nitro benzene ring substituents is 1. The number of hydrogen-bond donors (Lipinski definition) is 1. The molecule has 25 heavy (non-hydrogen) atoms. The summed E-state index contributed by atoms with van der Waals surface area (Å²) in [7, 11) is -4.42. The monoisotopic (exact) mass is 429 g/mol. The maximum Gasteiger partial charge on any atom is 0.294 e. The van der Waals surface area contributed by atoms with Crippen molar-refractivity contribution in [1.29, 1.82) is 0 Å². The van der Waals surface area contributed by atoms with Gasteiger partial charge in [-0.25, -0.2) is 0 Å². The number of hydrogen-bond acceptors (Lipinski definition) is 4. The highest BCUT2D eigenvalue weighted by molar-refractivity contribution is 9.09. The van der Waals surface area contributed by atoms with E-state index in [1.54, 1.807) is 0 Å². The molecule has 1 aromatic rings. The molecule has 4 saturated carbocycles. The average Bonchev–Trinajstić information content (AvgIpc) is 2.53. The molecule has 6 nitrogen and oxygen atoms in total. The highest BCUT2D eigenvalue weighted by Gasteiger charge is 2.54. The summed E-state index contributed by atoms with van der Waals surface area (Å²) in [6.45, 7) is 0. The van der Waals surface area contributed by atoms with E-state index in [4.69, 9.17) is 0 Å². The summed E-state index contributed by atoms with van der Waals surface area (Å²) in [6, 6.07) is 3.73. The predicted octanol–water partition coefficient (Wildman–Crippen LogP) is 4.00. The summed E-state index contributed by atoms with van der Waals surface area (Å²) < 4.78 is 33.5. The van der Waals surface area contributed by atoms with Crippen LogP contribution in [-0.4, -0.2) is 23.2 Å². The van der Waals surface area contributed by atoms with Crippen LogP contribution < -0.4 is 0 Å². The fourth-order valence-corrected chi connectivity index (χ4v) is 7.65. The number of alkyl halides is 1. The van der Waals surface area contributed by atoms with Crippen LogP contribution in [0, 0.1) is 39.7 Å². The van der Waals surface area contributed by atoms with Gasteiger partial charge in [0.1, 0.15) is 0 Å². The fourth-order valence-electron chi connectivity index (χ4n) is 5.91. The standard InChI is InChI=1S/C17H20BrNO5S/c18-8-15-10-3-9-4-11(6-10)17(13(15)5-9)14-7-12(19(20)21)1-2-16(14)25(22,23)24/h1-2,7,9-11,13,15,17H,3-6,8H2,(H,22,23,24)/t9-,10+,11+,13-,15-,17+/m1/s1. The smallest absolute Gasteiger partial charge is 0.282 e. The molecule has 0 saturated heterocycles. The van der Waals surface area contributed by atoms with Gasteiger partial charge in [0.25, 0.3) is 15.8 Å². The lowest BCUT2D eigenvalue weighted by Crippen LogP contribution is -2.50. The summed E-state index contributed by atoms with van der Waals surface area (Å²) >= 11 is 3.62. The zero-order chi connectivity index (χ0) is 17.9. The SMILES string of the molecule is O=[N+]([O-])c1ccc(S(=O)(=O)O)c([C@H]2[C@H]3C[C@H]4C[C@@H](C3)[C@@H](CBr)[C@H]2C4)c1. The molecular formula is C17H20BrNO5S. The number of nitrogens with zero attached hydrogens (tertiary/aromatic N) is 1. The van der Waals surface area contributed by atoms with Crippen LogP contribution in [0.2, 0.25) is 0 Å². The maximum absolute atomic E-state index is 11.9. The van der Waals surface area contributed by atoms with Crippen LogP contribution in [0.3, 0.4) is 0 Å². The van der Waals surface area contributed by atoms with Gasteiger partial charge in [-0.2, -0.15) is 8.42 Å². The zero-order valence-corrected chi connectivity index (χ0v) is 15.9. The van der Waals surface area contributed by atoms with E-state index in [-0.39, 0.29) is 16.5 Å². The molecule has 0 unspecified atom stereocenters. The Morgan fingerprint density at radius 1 is 1.20 bits per heavy atom. The molecule has 4 bridgehead atoms. The summed E-state index contributed by atoms with van der Waals surface area (Å²) in [5.41, 5.74) is 0.322. The van der Waals surface area contributed by atoms with Crippen LogP contribution in [0.15, 0.2) is 23.1 Å². The van der Waals surface area contributed by atoms with E-state index in [0.717, 1.165) is 30.7 Å². The molecule has 6 atom stereocenters. The Balaban J connectivity index is 1.85. The second-order valence-electron chi connectivity index (χ2n) is 7.79. The van der Waals surface area contributed by atoms with Gasteiger partial charge in [-0.3, -0.25) is 14.7 Å². The third-order valence-electron chi connectivity index (χ3n) is 6.63. The van der Waals surface area contributed by atoms with Crippen molar-refractivity contribution in [3.63, 3.8) is 0 Å². The van der Waals surface area contributed by atoms with Gasteiger partial charge in [0.15, 0.2) is 0 Å². The lowest BCUT2D eigenvalue weighted by atomic mass is 9.47. The van der Waals surface area contributed by atoms with Crippen LogP contribution in [-0.2, 0) is 10.1 Å². The number of halogens is 1. The maximum atomic E-state index is 11.9. The molecule has 0 aliphatic heterocycles. The molecule has 136 valence electrons. The van der Waals surface area contributed by atoms with Crippen molar-refractivity contribution < 1.29 is 17.9 Å². The van der Waals surface area contributed by atoms with Gasteiger partial charge in [-0.05, 0) is 72.8 Å². The van der Waals surface area contributed by atoms with Gasteiger partial charge in [0.05, 0.1) is 9.82 Å². The van der Waals surface area contributed by atoms with Gasteiger partial charge in [-0.1, -0.05) is 15.9 Å². The van der Waals surface area contributed by atoms with Gasteiger partial charge >= 0.3 is 0 Å². The van der Waals surface area contributed by atoms with E-state index in [2.05, 4.69) is 15.9 Å². The van der Waals surface area contributed by atoms with E-state index >= 15 is 0 Å². The molecule has 1 aromatic carbocycles. The molecule has 8 heteroatoms. The van der Waals surface area contributed by atoms with Gasteiger partial charge in [0.2, 0.25) is 0 Å². The summed E-state index contributed by atoms with van der Waals surface area (Å²) in [5, 5.41) is 12.1. The summed E-state index contributed by atoms with van der Waals surface area (Å²) in [5.74, 6) is 2.44. The lowest BCUT2D eigenvalue weighted by Gasteiger charge is -2.58. The zero-order valence-electron chi connectivity index (χ0n) is 13.5. The summed E-state index contributed by atoms with van der Waals surface area (Å²) in [6.07, 6.45) is 4.39. The van der Waals surface area contributed by atoms with Crippen molar-refractivity contribution in [2.24, 2.45) is 29.6 Å². The molecule has 4 aliphatic rings. The largest absolute Gasteiger partial charge is 0.294 e. The highest BCUT2D eigenvalue weighted by atomic mass is 79.9. The normalized spacial score (nSPS) is 36.6. The average molecular weight is 430 g/mol. The Hall–Kier alpha value is -0.990. The minimum Gasteiger partial charge on any atom is -0.282 e. The number of nitro groups is 1. The Labute approximate surface area is 155 Å². The first kappa shape index (κ1) is 17.4. The third-order valence-corrected chi connectivity index (χ3v) is 8.30. The van der Waals surface area contributed by atoms with E-state index in [9.17, 15) is 23.1 Å². The molecule has 5 rings (SSSR count). The van der Waals surface area contributed by atoms with Crippen LogP contribution in [0.25, 0.3) is 0 Å². The molecule has 0 heterocycles. The topological polar surface area (TPSA) is 97.5 Å². The van der Waals surface area contributed by atoms with E-state index in [0.29, 0.717) is 35.2 Å². The molecule has 4 aliphatic carbocycles. The van der Waals surface area contributed by atoms with Crippen molar-refractivity contribution in [1.82, 2.24) is 0 Å². The number of benzene rings is 1. The van der Waals surface area contributed by atoms with Gasteiger partial charge < -0.3 is 0 Å². The predicted molar refractivity (Wildman–Crippen MR) is 95.4 cm³/mol. The van der Waals surface area contributed by atoms with E-state index in [1.807, 2.05) is 0 Å². The highest BCUT2D eigenvalue weighted by Crippen LogP contribution is 2.63. The Bertz CT molecular complexity index is 826. The molecule has 1 N–H and O–H groups in total. The first-order valence-corrected chi connectivity index (χ1v) is 11.2. The summed E-state index contributed by atoms with van der Waals surface area (Å²) in [4.78, 5) is 10.5. The second-order valence-corrected chi connectivity index (χ2v) is 9.83. The first-order valence-electron chi connectivity index (χ1n) is 8.61. The lowest BCUT2D eigenvalue weighted by molar-refractivity contribution is -0.385. The van der Waals surface area contributed by atoms with Crippen molar-refractivity contribution in [3.8, 4) is 0 Å². The molecule has 0 spiro atoms.